The number of aromatic nitrogens is 4. The largest absolute Gasteiger partial charge is 0.743 e. The number of thiazole rings is 2. The fourth-order valence-electron chi connectivity index (χ4n) is 9.27. The van der Waals surface area contributed by atoms with E-state index in [0.29, 0.717) is 83.7 Å². The summed E-state index contributed by atoms with van der Waals surface area (Å²) in [5, 5.41) is 26.7. The number of benzene rings is 5. The topological polar surface area (TPSA) is 133 Å². The molecule has 0 radical (unpaired) electrons. The van der Waals surface area contributed by atoms with Gasteiger partial charge in [-0.1, -0.05) is 76.2 Å². The molecule has 68 heavy (non-hydrogen) atoms. The van der Waals surface area contributed by atoms with E-state index < -0.39 is 14.5 Å². The van der Waals surface area contributed by atoms with Gasteiger partial charge in [0.05, 0.1) is 43.4 Å². The SMILES string of the molecule is CCN(CC)CCCOc1ccc(-c2c3/c(=C(\C#N)c4nc5ccccc5s4)n(B4Oc5ccccc5O4)c(C(C)C)c3/c(=C(\C#N)c3nc4ccccc4s3)n2B2Oc3ccccc3O2)cc1. The third kappa shape index (κ3) is 7.42. The van der Waals surface area contributed by atoms with Crippen LogP contribution in [0.1, 0.15) is 55.7 Å². The summed E-state index contributed by atoms with van der Waals surface area (Å²) in [5.74, 6) is 2.73. The van der Waals surface area contributed by atoms with Crippen molar-refractivity contribution in [3.8, 4) is 52.1 Å². The van der Waals surface area contributed by atoms with Crippen LogP contribution in [0.5, 0.6) is 28.7 Å². The average molecular weight is 932 g/mol. The molecule has 0 atom stereocenters. The van der Waals surface area contributed by atoms with E-state index in [9.17, 15) is 10.5 Å². The average Bonchev–Trinajstić information content (AvgIpc) is 4.23. The molecule has 0 fully saturated rings. The quantitative estimate of drug-likeness (QED) is 0.0814. The van der Waals surface area contributed by atoms with Crippen molar-refractivity contribution < 1.29 is 23.4 Å². The Morgan fingerprint density at radius 1 is 0.647 bits per heavy atom. The van der Waals surface area contributed by atoms with Gasteiger partial charge in [0.2, 0.25) is 0 Å². The molecule has 0 spiro atoms. The first-order valence-corrected chi connectivity index (χ1v) is 24.4. The van der Waals surface area contributed by atoms with Crippen LogP contribution in [0, 0.1) is 22.7 Å². The second kappa shape index (κ2) is 18.0. The van der Waals surface area contributed by atoms with Crippen molar-refractivity contribution in [1.29, 1.82) is 10.5 Å². The molecular formula is C52H43B2N7O5S2. The van der Waals surface area contributed by atoms with E-state index in [-0.39, 0.29) is 5.92 Å². The van der Waals surface area contributed by atoms with E-state index in [4.69, 9.17) is 33.3 Å². The van der Waals surface area contributed by atoms with Gasteiger partial charge in [-0.2, -0.15) is 10.5 Å². The van der Waals surface area contributed by atoms with Crippen LogP contribution >= 0.6 is 22.7 Å². The molecule has 4 aromatic heterocycles. The first kappa shape index (κ1) is 43.1. The molecule has 0 N–H and O–H groups in total. The molecule has 0 amide bonds. The lowest BCUT2D eigenvalue weighted by atomic mass is 10.0. The van der Waals surface area contributed by atoms with Crippen molar-refractivity contribution in [2.75, 3.05) is 26.2 Å². The maximum absolute atomic E-state index is 11.6. The lowest BCUT2D eigenvalue weighted by molar-refractivity contribution is 0.249. The zero-order valence-corrected chi connectivity index (χ0v) is 39.4. The van der Waals surface area contributed by atoms with Crippen LogP contribution in [0.2, 0.25) is 0 Å². The smallest absolute Gasteiger partial charge is 0.503 e. The van der Waals surface area contributed by atoms with Gasteiger partial charge in [0.25, 0.3) is 0 Å². The molecule has 2 aliphatic heterocycles. The number of ether oxygens (including phenoxy) is 1. The Hall–Kier alpha value is -7.49. The molecule has 2 aliphatic rings. The van der Waals surface area contributed by atoms with Crippen molar-refractivity contribution in [2.24, 2.45) is 0 Å². The zero-order chi connectivity index (χ0) is 46.5. The summed E-state index contributed by atoms with van der Waals surface area (Å²) in [6, 6.07) is 44.0. The molecule has 0 bridgehead atoms. The Bertz CT molecular complexity index is 3410. The number of nitrogens with zero attached hydrogens (tertiary/aromatic N) is 7. The molecule has 334 valence electrons. The van der Waals surface area contributed by atoms with Crippen molar-refractivity contribution in [3.63, 3.8) is 0 Å². The Labute approximate surface area is 401 Å². The summed E-state index contributed by atoms with van der Waals surface area (Å²) < 4.78 is 39.1. The van der Waals surface area contributed by atoms with Gasteiger partial charge >= 0.3 is 14.5 Å². The zero-order valence-electron chi connectivity index (χ0n) is 37.8. The minimum atomic E-state index is -1.09. The van der Waals surface area contributed by atoms with Gasteiger partial charge in [0.1, 0.15) is 62.0 Å². The maximum atomic E-state index is 11.6. The predicted octanol–water partition coefficient (Wildman–Crippen LogP) is 9.62. The van der Waals surface area contributed by atoms with Gasteiger partial charge < -0.3 is 37.2 Å². The Morgan fingerprint density at radius 2 is 1.12 bits per heavy atom. The molecule has 0 aliphatic carbocycles. The Kier molecular flexibility index (Phi) is 11.4. The predicted molar refractivity (Wildman–Crippen MR) is 270 cm³/mol. The van der Waals surface area contributed by atoms with E-state index in [1.165, 1.54) is 22.7 Å². The van der Waals surface area contributed by atoms with Crippen molar-refractivity contribution in [3.05, 3.63) is 148 Å². The van der Waals surface area contributed by atoms with E-state index in [2.05, 4.69) is 44.7 Å². The number of rotatable bonds is 13. The monoisotopic (exact) mass is 931 g/mol. The fourth-order valence-corrected chi connectivity index (χ4v) is 11.2. The van der Waals surface area contributed by atoms with Crippen LogP contribution in [0.25, 0.3) is 53.6 Å². The highest BCUT2D eigenvalue weighted by atomic mass is 32.1. The molecule has 0 unspecified atom stereocenters. The number of fused-ring (bicyclic) bond motifs is 5. The fraction of sp³-hybridized carbons (Fsp3) is 0.192. The normalized spacial score (nSPS) is 13.8. The molecule has 11 rings (SSSR count). The molecule has 0 saturated heterocycles. The van der Waals surface area contributed by atoms with Gasteiger partial charge in [0, 0.05) is 23.0 Å². The number of hydrogen-bond acceptors (Lipinski definition) is 12. The van der Waals surface area contributed by atoms with Crippen LogP contribution in [-0.4, -0.2) is 64.6 Å². The van der Waals surface area contributed by atoms with Crippen molar-refractivity contribution in [1.82, 2.24) is 23.8 Å². The van der Waals surface area contributed by atoms with Crippen LogP contribution in [0.3, 0.4) is 0 Å². The number of para-hydroxylation sites is 6. The molecule has 5 aromatic carbocycles. The summed E-state index contributed by atoms with van der Waals surface area (Å²) in [7, 11) is -2.13. The highest BCUT2D eigenvalue weighted by Gasteiger charge is 2.45. The highest BCUT2D eigenvalue weighted by Crippen LogP contribution is 2.41. The summed E-state index contributed by atoms with van der Waals surface area (Å²) in [6.45, 7) is 12.0. The standard InChI is InChI=1S/C52H43B2N7O5S2/c1-5-59(6-2)28-15-29-62-34-26-24-33(25-27-34)48-46-45(49(61(48)54-65-41-20-11-12-21-42(41)66-54)35(30-55)51-57-37-16-7-13-22-43(37)67-51)47(32(3)4)60(53-63-39-18-9-10-19-40(39)64-53)50(46)36(31-56)52-58-38-17-8-14-23-44(38)68-52/h7-14,16-27,32H,5-6,15,28-29H2,1-4H3/b49-35-,50-36-. The van der Waals surface area contributed by atoms with Crippen molar-refractivity contribution >= 4 is 79.5 Å². The Balaban J connectivity index is 1.28. The molecular weight excluding hydrogens is 888 g/mol. The summed E-state index contributed by atoms with van der Waals surface area (Å²) in [6.07, 6.45) is 0.883. The summed E-state index contributed by atoms with van der Waals surface area (Å²) >= 11 is 2.88. The lowest BCUT2D eigenvalue weighted by Gasteiger charge is -2.18. The van der Waals surface area contributed by atoms with E-state index in [1.807, 2.05) is 130 Å². The van der Waals surface area contributed by atoms with Crippen LogP contribution in [0.15, 0.2) is 121 Å². The van der Waals surface area contributed by atoms with E-state index >= 15 is 0 Å². The van der Waals surface area contributed by atoms with Crippen LogP contribution < -0.4 is 34.1 Å². The molecule has 0 saturated carbocycles. The lowest BCUT2D eigenvalue weighted by Crippen LogP contribution is -2.45. The summed E-state index contributed by atoms with van der Waals surface area (Å²) in [4.78, 5) is 12.5. The van der Waals surface area contributed by atoms with Crippen molar-refractivity contribution in [2.45, 2.75) is 40.0 Å². The van der Waals surface area contributed by atoms with Gasteiger partial charge in [-0.25, -0.2) is 9.97 Å². The van der Waals surface area contributed by atoms with Crippen LogP contribution in [0.4, 0.5) is 0 Å². The van der Waals surface area contributed by atoms with Crippen LogP contribution in [-0.2, 0) is 0 Å². The second-order valence-electron chi connectivity index (χ2n) is 16.8. The molecule has 9 aromatic rings. The van der Waals surface area contributed by atoms with E-state index in [0.717, 1.165) is 57.7 Å². The number of nitriles is 2. The van der Waals surface area contributed by atoms with Gasteiger partial charge in [-0.3, -0.25) is 0 Å². The minimum Gasteiger partial charge on any atom is -0.503 e. The molecule has 16 heteroatoms. The van der Waals surface area contributed by atoms with Gasteiger partial charge in [-0.05, 0) is 104 Å². The second-order valence-corrected chi connectivity index (χ2v) is 18.8. The third-order valence-electron chi connectivity index (χ3n) is 12.4. The third-order valence-corrected chi connectivity index (χ3v) is 14.5. The van der Waals surface area contributed by atoms with Gasteiger partial charge in [0.15, 0.2) is 0 Å². The van der Waals surface area contributed by atoms with Gasteiger partial charge in [-0.15, -0.1) is 22.7 Å². The van der Waals surface area contributed by atoms with E-state index in [1.54, 1.807) is 0 Å². The molecule has 6 heterocycles. The Morgan fingerprint density at radius 3 is 1.59 bits per heavy atom. The minimum absolute atomic E-state index is 0.232. The molecule has 12 nitrogen and oxygen atoms in total. The highest BCUT2D eigenvalue weighted by molar-refractivity contribution is 7.20. The maximum Gasteiger partial charge on any atom is 0.743 e. The first-order chi connectivity index (χ1) is 33.4. The first-order valence-electron chi connectivity index (χ1n) is 22.8. The summed E-state index contributed by atoms with van der Waals surface area (Å²) in [5.41, 5.74) is 4.30. The number of hydrogen-bond donors (Lipinski definition) is 0.